The molecule has 0 fully saturated rings. The van der Waals surface area contributed by atoms with E-state index in [1.165, 1.54) is 30.3 Å². The van der Waals surface area contributed by atoms with Gasteiger partial charge in [0.1, 0.15) is 22.9 Å². The van der Waals surface area contributed by atoms with Crippen molar-refractivity contribution in [2.75, 3.05) is 11.8 Å². The fraction of sp³-hybridized carbons (Fsp3) is 0.107. The van der Waals surface area contributed by atoms with Gasteiger partial charge in [0.2, 0.25) is 0 Å². The van der Waals surface area contributed by atoms with Gasteiger partial charge in [-0.05, 0) is 55.0 Å². The van der Waals surface area contributed by atoms with Crippen molar-refractivity contribution < 1.29 is 21.9 Å². The molecule has 1 N–H and O–H groups in total. The molecule has 5 rings (SSSR count). The van der Waals surface area contributed by atoms with Crippen molar-refractivity contribution in [3.05, 3.63) is 113 Å². The molecule has 39 heavy (non-hydrogen) atoms. The van der Waals surface area contributed by atoms with Gasteiger partial charge in [-0.2, -0.15) is 0 Å². The maximum atomic E-state index is 14.3. The Morgan fingerprint density at radius 2 is 1.72 bits per heavy atom. The standard InChI is InChI=1S/C28H22F2N4O4S/c1-17(38-2)27-25(33-39(36,37)26-11-9-20(29)14-23(26)30)13-19(15-31-27)18-8-10-24-22(12-18)28(35)34(16-32-24)21-6-4-3-5-7-21/h3-17,33H,1-2H3. The number of hydrogen-bond acceptors (Lipinski definition) is 6. The Kier molecular flexibility index (Phi) is 6.94. The normalized spacial score (nSPS) is 12.4. The maximum Gasteiger partial charge on any atom is 0.265 e. The smallest absolute Gasteiger partial charge is 0.265 e. The van der Waals surface area contributed by atoms with Gasteiger partial charge in [0.15, 0.2) is 0 Å². The van der Waals surface area contributed by atoms with Crippen LogP contribution >= 0.6 is 0 Å². The Bertz CT molecular complexity index is 1860. The fourth-order valence-corrected chi connectivity index (χ4v) is 5.24. The van der Waals surface area contributed by atoms with Crippen molar-refractivity contribution >= 4 is 26.6 Å². The van der Waals surface area contributed by atoms with E-state index in [4.69, 9.17) is 4.74 Å². The van der Waals surface area contributed by atoms with Gasteiger partial charge in [-0.25, -0.2) is 22.2 Å². The summed E-state index contributed by atoms with van der Waals surface area (Å²) >= 11 is 0. The Morgan fingerprint density at radius 3 is 2.44 bits per heavy atom. The molecule has 0 saturated heterocycles. The highest BCUT2D eigenvalue weighted by Crippen LogP contribution is 2.31. The minimum absolute atomic E-state index is 0.0403. The number of pyridine rings is 1. The molecular weight excluding hydrogens is 526 g/mol. The first-order valence-corrected chi connectivity index (χ1v) is 13.2. The van der Waals surface area contributed by atoms with Gasteiger partial charge >= 0.3 is 0 Å². The van der Waals surface area contributed by atoms with Crippen LogP contribution in [0.2, 0.25) is 0 Å². The van der Waals surface area contributed by atoms with Crippen LogP contribution in [0.25, 0.3) is 27.7 Å². The molecule has 0 spiro atoms. The van der Waals surface area contributed by atoms with Gasteiger partial charge < -0.3 is 4.74 Å². The van der Waals surface area contributed by atoms with Crippen LogP contribution in [0.1, 0.15) is 18.7 Å². The van der Waals surface area contributed by atoms with Gasteiger partial charge in [0, 0.05) is 24.9 Å². The number of aromatic nitrogens is 3. The second kappa shape index (κ2) is 10.4. The number of anilines is 1. The molecule has 0 aliphatic heterocycles. The second-order valence-electron chi connectivity index (χ2n) is 8.70. The second-order valence-corrected chi connectivity index (χ2v) is 10.4. The summed E-state index contributed by atoms with van der Waals surface area (Å²) in [4.78, 5) is 21.4. The lowest BCUT2D eigenvalue weighted by Gasteiger charge is -2.17. The van der Waals surface area contributed by atoms with E-state index in [9.17, 15) is 22.0 Å². The zero-order valence-electron chi connectivity index (χ0n) is 20.8. The Hall–Kier alpha value is -4.48. The first kappa shape index (κ1) is 26.1. The van der Waals surface area contributed by atoms with E-state index >= 15 is 0 Å². The third kappa shape index (κ3) is 5.14. The first-order valence-electron chi connectivity index (χ1n) is 11.8. The first-order chi connectivity index (χ1) is 18.7. The number of ether oxygens (including phenoxy) is 1. The molecular formula is C28H22F2N4O4S. The van der Waals surface area contributed by atoms with Crippen LogP contribution in [-0.2, 0) is 14.8 Å². The Morgan fingerprint density at radius 1 is 0.949 bits per heavy atom. The molecule has 0 radical (unpaired) electrons. The number of fused-ring (bicyclic) bond motifs is 1. The van der Waals surface area contributed by atoms with Crippen molar-refractivity contribution in [1.29, 1.82) is 0 Å². The SMILES string of the molecule is COC(C)c1ncc(-c2ccc3ncn(-c4ccccc4)c(=O)c3c2)cc1NS(=O)(=O)c1ccc(F)cc1F. The number of methoxy groups -OCH3 is 1. The number of hydrogen-bond donors (Lipinski definition) is 1. The highest BCUT2D eigenvalue weighted by atomic mass is 32.2. The molecule has 1 unspecified atom stereocenters. The van der Waals surface area contributed by atoms with Crippen molar-refractivity contribution in [1.82, 2.24) is 14.5 Å². The van der Waals surface area contributed by atoms with Gasteiger partial charge in [0.05, 0.1) is 34.1 Å². The number of nitrogens with one attached hydrogen (secondary N) is 1. The van der Waals surface area contributed by atoms with Crippen LogP contribution in [0.15, 0.2) is 95.0 Å². The van der Waals surface area contributed by atoms with E-state index in [-0.39, 0.29) is 16.9 Å². The minimum Gasteiger partial charge on any atom is -0.375 e. The predicted octanol–water partition coefficient (Wildman–Crippen LogP) is 5.23. The maximum absolute atomic E-state index is 14.3. The molecule has 3 aromatic carbocycles. The Balaban J connectivity index is 1.61. The van der Waals surface area contributed by atoms with E-state index in [2.05, 4.69) is 14.7 Å². The van der Waals surface area contributed by atoms with Gasteiger partial charge in [-0.1, -0.05) is 24.3 Å². The van der Waals surface area contributed by atoms with E-state index in [0.29, 0.717) is 33.8 Å². The molecule has 5 aromatic rings. The van der Waals surface area contributed by atoms with E-state index in [0.717, 1.165) is 12.1 Å². The van der Waals surface area contributed by atoms with Gasteiger partial charge in [-0.3, -0.25) is 19.1 Å². The summed E-state index contributed by atoms with van der Waals surface area (Å²) in [6, 6.07) is 17.8. The van der Waals surface area contributed by atoms with Crippen LogP contribution in [0, 0.1) is 11.6 Å². The molecule has 198 valence electrons. The minimum atomic E-state index is -4.45. The van der Waals surface area contributed by atoms with Gasteiger partial charge in [0.25, 0.3) is 15.6 Å². The van der Waals surface area contributed by atoms with Crippen molar-refractivity contribution in [3.8, 4) is 16.8 Å². The number of benzene rings is 3. The molecule has 0 bridgehead atoms. The zero-order chi connectivity index (χ0) is 27.7. The number of para-hydroxylation sites is 1. The average Bonchev–Trinajstić information content (AvgIpc) is 2.92. The van der Waals surface area contributed by atoms with Crippen LogP contribution in [0.3, 0.4) is 0 Å². The lowest BCUT2D eigenvalue weighted by atomic mass is 10.0. The molecule has 0 aliphatic rings. The number of nitrogens with zero attached hydrogens (tertiary/aromatic N) is 3. The van der Waals surface area contributed by atoms with Crippen molar-refractivity contribution in [2.24, 2.45) is 0 Å². The summed E-state index contributed by atoms with van der Waals surface area (Å²) in [6.07, 6.45) is 2.37. The van der Waals surface area contributed by atoms with Crippen LogP contribution in [0.4, 0.5) is 14.5 Å². The summed E-state index contributed by atoms with van der Waals surface area (Å²) < 4.78 is 62.9. The lowest BCUT2D eigenvalue weighted by molar-refractivity contribution is 0.116. The third-order valence-electron chi connectivity index (χ3n) is 6.21. The quantitative estimate of drug-likeness (QED) is 0.299. The molecule has 2 aromatic heterocycles. The highest BCUT2D eigenvalue weighted by Gasteiger charge is 2.23. The zero-order valence-corrected chi connectivity index (χ0v) is 21.6. The number of sulfonamides is 1. The predicted molar refractivity (Wildman–Crippen MR) is 143 cm³/mol. The number of rotatable bonds is 7. The van der Waals surface area contributed by atoms with E-state index in [1.54, 1.807) is 37.3 Å². The molecule has 8 nitrogen and oxygen atoms in total. The summed E-state index contributed by atoms with van der Waals surface area (Å²) in [5.74, 6) is -2.13. The van der Waals surface area contributed by atoms with Crippen LogP contribution in [-0.4, -0.2) is 30.1 Å². The summed E-state index contributed by atoms with van der Waals surface area (Å²) in [7, 11) is -3.02. The fourth-order valence-electron chi connectivity index (χ4n) is 4.12. The highest BCUT2D eigenvalue weighted by molar-refractivity contribution is 7.92. The molecule has 2 heterocycles. The van der Waals surface area contributed by atoms with Crippen molar-refractivity contribution in [3.63, 3.8) is 0 Å². The number of halogens is 2. The van der Waals surface area contributed by atoms with E-state index in [1.807, 2.05) is 18.2 Å². The third-order valence-corrected chi connectivity index (χ3v) is 7.61. The van der Waals surface area contributed by atoms with Crippen molar-refractivity contribution in [2.45, 2.75) is 17.9 Å². The Labute approximate surface area is 222 Å². The van der Waals surface area contributed by atoms with E-state index < -0.39 is 32.7 Å². The summed E-state index contributed by atoms with van der Waals surface area (Å²) in [5.41, 5.74) is 2.21. The molecule has 0 aliphatic carbocycles. The lowest BCUT2D eigenvalue weighted by Crippen LogP contribution is -2.18. The van der Waals surface area contributed by atoms with Crippen LogP contribution in [0.5, 0.6) is 0 Å². The molecule has 0 amide bonds. The largest absolute Gasteiger partial charge is 0.375 e. The molecule has 0 saturated carbocycles. The van der Waals surface area contributed by atoms with Crippen LogP contribution < -0.4 is 10.3 Å². The molecule has 11 heteroatoms. The molecule has 1 atom stereocenters. The summed E-state index contributed by atoms with van der Waals surface area (Å²) in [6.45, 7) is 1.67. The topological polar surface area (TPSA) is 103 Å². The van der Waals surface area contributed by atoms with Gasteiger partial charge in [-0.15, -0.1) is 0 Å². The summed E-state index contributed by atoms with van der Waals surface area (Å²) in [5, 5.41) is 0.351. The monoisotopic (exact) mass is 548 g/mol. The average molecular weight is 549 g/mol.